The maximum Gasteiger partial charge on any atom is 0.166 e. The number of H-pyrrole nitrogens is 2. The van der Waals surface area contributed by atoms with Crippen molar-refractivity contribution in [2.75, 3.05) is 18.8 Å². The number of carbonyl (C=O) groups excluding carboxylic acids is 1. The number of anilines is 1. The summed E-state index contributed by atoms with van der Waals surface area (Å²) in [7, 11) is 0. The molecule has 0 radical (unpaired) electrons. The number of hydrogen-bond donors (Lipinski definition) is 3. The molecular formula is C28H27ClN6O. The van der Waals surface area contributed by atoms with Crippen LogP contribution in [0.5, 0.6) is 0 Å². The first kappa shape index (κ1) is 22.8. The summed E-state index contributed by atoms with van der Waals surface area (Å²) >= 11 is 5.97. The number of halogens is 1. The van der Waals surface area contributed by atoms with Crippen LogP contribution in [0.15, 0.2) is 54.6 Å². The number of likely N-dealkylation sites (tertiary alicyclic amines) is 1. The summed E-state index contributed by atoms with van der Waals surface area (Å²) in [5, 5.41) is 1.80. The summed E-state index contributed by atoms with van der Waals surface area (Å²) in [6, 6.07) is 17.8. The van der Waals surface area contributed by atoms with Crippen LogP contribution in [-0.2, 0) is 6.54 Å². The number of nitrogens with one attached hydrogen (secondary N) is 2. The van der Waals surface area contributed by atoms with E-state index in [0.717, 1.165) is 71.5 Å². The first-order valence-electron chi connectivity index (χ1n) is 12.2. The molecule has 0 saturated carbocycles. The van der Waals surface area contributed by atoms with Crippen LogP contribution < -0.4 is 5.73 Å². The maximum absolute atomic E-state index is 12.9. The largest absolute Gasteiger partial charge is 0.384 e. The highest BCUT2D eigenvalue weighted by atomic mass is 35.5. The van der Waals surface area contributed by atoms with E-state index in [4.69, 9.17) is 17.3 Å². The molecule has 6 rings (SSSR count). The highest BCUT2D eigenvalue weighted by Crippen LogP contribution is 2.31. The van der Waals surface area contributed by atoms with Gasteiger partial charge >= 0.3 is 0 Å². The van der Waals surface area contributed by atoms with Crippen molar-refractivity contribution in [3.05, 3.63) is 76.6 Å². The minimum absolute atomic E-state index is 0.0763. The number of Topliss-reactive ketones (excluding diaryl/α,β-unsaturated/α-hetero) is 1. The molecule has 1 saturated heterocycles. The molecule has 0 bridgehead atoms. The molecule has 4 heterocycles. The highest BCUT2D eigenvalue weighted by molar-refractivity contribution is 6.30. The molecule has 3 aromatic heterocycles. The first-order valence-corrected chi connectivity index (χ1v) is 12.6. The molecule has 7 nitrogen and oxygen atoms in total. The number of carbonyl (C=O) groups is 1. The van der Waals surface area contributed by atoms with Crippen LogP contribution in [0.3, 0.4) is 0 Å². The fraction of sp³-hybridized carbons (Fsp3) is 0.250. The molecule has 0 atom stereocenters. The third kappa shape index (κ3) is 4.36. The summed E-state index contributed by atoms with van der Waals surface area (Å²) in [6.45, 7) is 4.60. The molecular weight excluding hydrogens is 472 g/mol. The molecule has 1 aliphatic rings. The normalized spacial score (nSPS) is 15.2. The zero-order valence-corrected chi connectivity index (χ0v) is 20.8. The Morgan fingerprint density at radius 1 is 1.06 bits per heavy atom. The summed E-state index contributed by atoms with van der Waals surface area (Å²) in [4.78, 5) is 30.9. The number of fused-ring (bicyclic) bond motifs is 2. The fourth-order valence-electron chi connectivity index (χ4n) is 5.22. The van der Waals surface area contributed by atoms with E-state index < -0.39 is 0 Å². The third-order valence-electron chi connectivity index (χ3n) is 7.06. The van der Waals surface area contributed by atoms with Crippen LogP contribution in [0.4, 0.5) is 5.82 Å². The second-order valence-electron chi connectivity index (χ2n) is 9.64. The van der Waals surface area contributed by atoms with Gasteiger partial charge in [-0.2, -0.15) is 0 Å². The molecule has 0 unspecified atom stereocenters. The Morgan fingerprint density at radius 3 is 2.61 bits per heavy atom. The zero-order chi connectivity index (χ0) is 24.8. The molecule has 182 valence electrons. The van der Waals surface area contributed by atoms with Crippen molar-refractivity contribution < 1.29 is 4.79 Å². The van der Waals surface area contributed by atoms with Gasteiger partial charge in [0.1, 0.15) is 17.2 Å². The van der Waals surface area contributed by atoms with Crippen molar-refractivity contribution in [1.29, 1.82) is 0 Å². The molecule has 2 aromatic carbocycles. The van der Waals surface area contributed by atoms with Gasteiger partial charge in [0.05, 0.1) is 0 Å². The number of nitrogen functional groups attached to an aromatic ring is 1. The number of aromatic amines is 2. The average Bonchev–Trinajstić information content (AvgIpc) is 3.46. The van der Waals surface area contributed by atoms with E-state index >= 15 is 0 Å². The van der Waals surface area contributed by atoms with Crippen molar-refractivity contribution in [1.82, 2.24) is 24.8 Å². The minimum atomic E-state index is 0.0763. The van der Waals surface area contributed by atoms with E-state index in [1.165, 1.54) is 5.56 Å². The SMILES string of the molecule is Cc1nc2c(-c3cc4cc(CN5CCC(C(=O)c6ccc(Cl)cc6)CC5)ccc4[nH]3)cc(N)nc2[nH]1. The van der Waals surface area contributed by atoms with Crippen LogP contribution in [0, 0.1) is 12.8 Å². The van der Waals surface area contributed by atoms with Gasteiger partial charge in [-0.05, 0) is 86.9 Å². The van der Waals surface area contributed by atoms with Gasteiger partial charge < -0.3 is 15.7 Å². The first-order chi connectivity index (χ1) is 17.4. The van der Waals surface area contributed by atoms with Gasteiger partial charge in [-0.3, -0.25) is 9.69 Å². The fourth-order valence-corrected chi connectivity index (χ4v) is 5.34. The van der Waals surface area contributed by atoms with Gasteiger partial charge in [-0.1, -0.05) is 17.7 Å². The van der Waals surface area contributed by atoms with E-state index in [0.29, 0.717) is 16.5 Å². The van der Waals surface area contributed by atoms with Crippen LogP contribution in [0.1, 0.15) is 34.6 Å². The highest BCUT2D eigenvalue weighted by Gasteiger charge is 2.26. The Bertz CT molecular complexity index is 1580. The van der Waals surface area contributed by atoms with Gasteiger partial charge in [0, 0.05) is 45.2 Å². The van der Waals surface area contributed by atoms with Crippen LogP contribution >= 0.6 is 11.6 Å². The number of nitrogens with two attached hydrogens (primary N) is 1. The van der Waals surface area contributed by atoms with E-state index in [1.54, 1.807) is 12.1 Å². The predicted octanol–water partition coefficient (Wildman–Crippen LogP) is 5.75. The Kier molecular flexibility index (Phi) is 5.74. The number of piperidine rings is 1. The molecule has 1 fully saturated rings. The quantitative estimate of drug-likeness (QED) is 0.268. The molecule has 0 spiro atoms. The average molecular weight is 499 g/mol. The Balaban J connectivity index is 1.16. The molecule has 5 aromatic rings. The number of aryl methyl sites for hydroxylation is 1. The third-order valence-corrected chi connectivity index (χ3v) is 7.31. The van der Waals surface area contributed by atoms with Crippen LogP contribution in [-0.4, -0.2) is 43.7 Å². The lowest BCUT2D eigenvalue weighted by atomic mass is 9.89. The lowest BCUT2D eigenvalue weighted by Crippen LogP contribution is -2.35. The molecule has 0 aliphatic carbocycles. The second-order valence-corrected chi connectivity index (χ2v) is 10.1. The van der Waals surface area contributed by atoms with Crippen molar-refractivity contribution in [2.24, 2.45) is 5.92 Å². The molecule has 4 N–H and O–H groups in total. The number of benzene rings is 2. The number of rotatable bonds is 5. The number of imidazole rings is 1. The smallest absolute Gasteiger partial charge is 0.166 e. The second kappa shape index (κ2) is 9.08. The standard InChI is InChI=1S/C28H27ClN6O/c1-16-31-26-22(14-25(30)34-28(26)32-16)24-13-20-12-17(2-7-23(20)33-24)15-35-10-8-19(9-11-35)27(36)18-3-5-21(29)6-4-18/h2-7,12-14,19,33H,8-11,15H2,1H3,(H3,30,31,32,34). The summed E-state index contributed by atoms with van der Waals surface area (Å²) in [6.07, 6.45) is 1.75. The van der Waals surface area contributed by atoms with E-state index in [9.17, 15) is 4.79 Å². The van der Waals surface area contributed by atoms with E-state index in [1.807, 2.05) is 25.1 Å². The van der Waals surface area contributed by atoms with Crippen LogP contribution in [0.25, 0.3) is 33.3 Å². The number of ketones is 1. The molecule has 0 amide bonds. The predicted molar refractivity (Wildman–Crippen MR) is 144 cm³/mol. The number of pyridine rings is 1. The lowest BCUT2D eigenvalue weighted by molar-refractivity contribution is 0.0835. The van der Waals surface area contributed by atoms with Crippen molar-refractivity contribution in [2.45, 2.75) is 26.3 Å². The Hall–Kier alpha value is -3.68. The molecule has 1 aliphatic heterocycles. The van der Waals surface area contributed by atoms with Gasteiger partial charge in [-0.15, -0.1) is 0 Å². The monoisotopic (exact) mass is 498 g/mol. The Labute approximate surface area is 213 Å². The minimum Gasteiger partial charge on any atom is -0.384 e. The topological polar surface area (TPSA) is 104 Å². The van der Waals surface area contributed by atoms with E-state index in [2.05, 4.69) is 49.1 Å². The van der Waals surface area contributed by atoms with Gasteiger partial charge in [-0.25, -0.2) is 9.97 Å². The summed E-state index contributed by atoms with van der Waals surface area (Å²) in [5.74, 6) is 1.57. The molecule has 8 heteroatoms. The van der Waals surface area contributed by atoms with E-state index in [-0.39, 0.29) is 11.7 Å². The van der Waals surface area contributed by atoms with Crippen molar-refractivity contribution in [3.63, 3.8) is 0 Å². The summed E-state index contributed by atoms with van der Waals surface area (Å²) < 4.78 is 0. The lowest BCUT2D eigenvalue weighted by Gasteiger charge is -2.31. The number of aromatic nitrogens is 4. The Morgan fingerprint density at radius 2 is 1.83 bits per heavy atom. The molecule has 36 heavy (non-hydrogen) atoms. The van der Waals surface area contributed by atoms with Gasteiger partial charge in [0.25, 0.3) is 0 Å². The zero-order valence-electron chi connectivity index (χ0n) is 20.0. The van der Waals surface area contributed by atoms with Crippen molar-refractivity contribution in [3.8, 4) is 11.3 Å². The summed E-state index contributed by atoms with van der Waals surface area (Å²) in [5.41, 5.74) is 12.5. The van der Waals surface area contributed by atoms with Gasteiger partial charge in [0.2, 0.25) is 0 Å². The van der Waals surface area contributed by atoms with Gasteiger partial charge in [0.15, 0.2) is 11.4 Å². The van der Waals surface area contributed by atoms with Crippen molar-refractivity contribution >= 4 is 45.3 Å². The number of nitrogens with zero attached hydrogens (tertiary/aromatic N) is 3. The van der Waals surface area contributed by atoms with Crippen LogP contribution in [0.2, 0.25) is 5.02 Å². The number of hydrogen-bond acceptors (Lipinski definition) is 5. The maximum atomic E-state index is 12.9.